The zero-order chi connectivity index (χ0) is 23.8. The molecule has 3 aromatic carbocycles. The van der Waals surface area contributed by atoms with Crippen LogP contribution in [0.15, 0.2) is 60.7 Å². The van der Waals surface area contributed by atoms with Crippen LogP contribution in [0.1, 0.15) is 40.4 Å². The lowest BCUT2D eigenvalue weighted by Gasteiger charge is -2.26. The van der Waals surface area contributed by atoms with Crippen molar-refractivity contribution in [3.05, 3.63) is 83.3 Å². The minimum atomic E-state index is -1.12. The lowest BCUT2D eigenvalue weighted by atomic mass is 9.88. The number of nitrogens with zero attached hydrogens (tertiary/aromatic N) is 2. The van der Waals surface area contributed by atoms with E-state index >= 15 is 0 Å². The summed E-state index contributed by atoms with van der Waals surface area (Å²) in [6.45, 7) is 1.15. The van der Waals surface area contributed by atoms with Gasteiger partial charge in [-0.2, -0.15) is 5.26 Å². The van der Waals surface area contributed by atoms with Crippen molar-refractivity contribution < 1.29 is 24.1 Å². The van der Waals surface area contributed by atoms with E-state index in [-0.39, 0.29) is 28.6 Å². The molecule has 4 aromatic rings. The number of carboxylic acid groups (broad SMARTS) is 1. The topological polar surface area (TPSA) is 95.5 Å². The Morgan fingerprint density at radius 2 is 1.82 bits per heavy atom. The van der Waals surface area contributed by atoms with Crippen LogP contribution in [0.4, 0.5) is 4.39 Å². The highest BCUT2D eigenvalue weighted by Crippen LogP contribution is 2.47. The molecule has 1 aliphatic rings. The molecule has 0 unspecified atom stereocenters. The SMILES string of the molecule is N#Cc1cc(C(=O)O)ccc1-c1c(C2CCOCC2)n(-c2ccc(F)cc2)c2cccc(O)c12. The lowest BCUT2D eigenvalue weighted by molar-refractivity contribution is 0.0696. The number of phenols is 1. The number of rotatable bonds is 4. The minimum Gasteiger partial charge on any atom is -0.507 e. The number of hydrogen-bond acceptors (Lipinski definition) is 4. The number of phenolic OH excluding ortho intramolecular Hbond substituents is 1. The average molecular weight is 456 g/mol. The molecule has 0 bridgehead atoms. The summed E-state index contributed by atoms with van der Waals surface area (Å²) in [5, 5.41) is 30.9. The Kier molecular flexibility index (Phi) is 5.52. The van der Waals surface area contributed by atoms with Gasteiger partial charge in [0.15, 0.2) is 0 Å². The molecule has 6 nitrogen and oxygen atoms in total. The second-order valence-corrected chi connectivity index (χ2v) is 8.31. The fraction of sp³-hybridized carbons (Fsp3) is 0.185. The molecule has 1 fully saturated rings. The maximum absolute atomic E-state index is 13.8. The summed E-state index contributed by atoms with van der Waals surface area (Å²) in [4.78, 5) is 11.5. The van der Waals surface area contributed by atoms with E-state index in [1.807, 2.05) is 10.6 Å². The third-order valence-electron chi connectivity index (χ3n) is 6.36. The van der Waals surface area contributed by atoms with E-state index in [9.17, 15) is 24.7 Å². The van der Waals surface area contributed by atoms with Gasteiger partial charge >= 0.3 is 5.97 Å². The zero-order valence-corrected chi connectivity index (χ0v) is 18.2. The number of aromatic nitrogens is 1. The first kappa shape index (κ1) is 21.7. The van der Waals surface area contributed by atoms with Crippen LogP contribution in [-0.4, -0.2) is 34.0 Å². The molecule has 0 saturated carbocycles. The largest absolute Gasteiger partial charge is 0.507 e. The fourth-order valence-corrected chi connectivity index (χ4v) is 4.83. The number of aromatic hydroxyl groups is 1. The number of nitriles is 1. The van der Waals surface area contributed by atoms with Crippen molar-refractivity contribution in [1.82, 2.24) is 4.57 Å². The summed E-state index contributed by atoms with van der Waals surface area (Å²) < 4.78 is 21.4. The molecule has 1 aromatic heterocycles. The highest BCUT2D eigenvalue weighted by atomic mass is 19.1. The standard InChI is InChI=1S/C27H21FN2O4/c28-19-5-7-20(8-6-19)30-22-2-1-3-23(31)25(22)24(26(30)16-10-12-34-13-11-16)21-9-4-17(27(32)33)14-18(21)15-29/h1-9,14,16,31H,10-13H2,(H,32,33). The first-order chi connectivity index (χ1) is 16.5. The Labute approximate surface area is 195 Å². The number of carbonyl (C=O) groups is 1. The van der Waals surface area contributed by atoms with Gasteiger partial charge in [0.25, 0.3) is 0 Å². The second kappa shape index (κ2) is 8.65. The molecule has 7 heteroatoms. The molecular formula is C27H21FN2O4. The van der Waals surface area contributed by atoms with Gasteiger partial charge in [0.05, 0.1) is 22.7 Å². The Morgan fingerprint density at radius 1 is 1.09 bits per heavy atom. The molecule has 5 rings (SSSR count). The number of carboxylic acids is 1. The lowest BCUT2D eigenvalue weighted by Crippen LogP contribution is -2.17. The first-order valence-electron chi connectivity index (χ1n) is 11.0. The van der Waals surface area contributed by atoms with E-state index < -0.39 is 5.97 Å². The van der Waals surface area contributed by atoms with Crippen LogP contribution in [-0.2, 0) is 4.74 Å². The summed E-state index contributed by atoms with van der Waals surface area (Å²) in [6, 6.07) is 17.9. The molecule has 1 saturated heterocycles. The minimum absolute atomic E-state index is 0.0133. The van der Waals surface area contributed by atoms with Gasteiger partial charge in [-0.3, -0.25) is 0 Å². The van der Waals surface area contributed by atoms with Crippen LogP contribution in [0.25, 0.3) is 27.7 Å². The smallest absolute Gasteiger partial charge is 0.335 e. The normalized spacial score (nSPS) is 14.2. The van der Waals surface area contributed by atoms with Crippen LogP contribution in [0.2, 0.25) is 0 Å². The van der Waals surface area contributed by atoms with Crippen molar-refractivity contribution in [2.24, 2.45) is 0 Å². The van der Waals surface area contributed by atoms with Gasteiger partial charge in [-0.1, -0.05) is 12.1 Å². The van der Waals surface area contributed by atoms with Crippen molar-refractivity contribution in [2.75, 3.05) is 13.2 Å². The highest BCUT2D eigenvalue weighted by molar-refractivity contribution is 6.04. The summed E-state index contributed by atoms with van der Waals surface area (Å²) in [5.74, 6) is -1.38. The Bertz CT molecular complexity index is 1440. The van der Waals surface area contributed by atoms with Crippen molar-refractivity contribution in [2.45, 2.75) is 18.8 Å². The van der Waals surface area contributed by atoms with Crippen LogP contribution in [0.3, 0.4) is 0 Å². The summed E-state index contributed by atoms with van der Waals surface area (Å²) in [5.41, 5.74) is 3.76. The summed E-state index contributed by atoms with van der Waals surface area (Å²) >= 11 is 0. The van der Waals surface area contributed by atoms with Gasteiger partial charge in [0.2, 0.25) is 0 Å². The number of fused-ring (bicyclic) bond motifs is 1. The quantitative estimate of drug-likeness (QED) is 0.416. The Balaban J connectivity index is 1.91. The van der Waals surface area contributed by atoms with Gasteiger partial charge in [-0.25, -0.2) is 9.18 Å². The molecule has 2 heterocycles. The Hall–Kier alpha value is -4.15. The van der Waals surface area contributed by atoms with Gasteiger partial charge in [0, 0.05) is 47.0 Å². The van der Waals surface area contributed by atoms with Crippen LogP contribution in [0, 0.1) is 17.1 Å². The zero-order valence-electron chi connectivity index (χ0n) is 18.2. The van der Waals surface area contributed by atoms with Gasteiger partial charge < -0.3 is 19.5 Å². The molecule has 0 amide bonds. The van der Waals surface area contributed by atoms with E-state index in [2.05, 4.69) is 6.07 Å². The molecular weight excluding hydrogens is 435 g/mol. The molecule has 0 atom stereocenters. The molecule has 2 N–H and O–H groups in total. The molecule has 0 spiro atoms. The van der Waals surface area contributed by atoms with E-state index in [1.165, 1.54) is 24.3 Å². The predicted molar refractivity (Wildman–Crippen MR) is 125 cm³/mol. The van der Waals surface area contributed by atoms with Crippen LogP contribution in [0.5, 0.6) is 5.75 Å². The van der Waals surface area contributed by atoms with Gasteiger partial charge in [0.1, 0.15) is 11.6 Å². The van der Waals surface area contributed by atoms with Gasteiger partial charge in [-0.15, -0.1) is 0 Å². The fourth-order valence-electron chi connectivity index (χ4n) is 4.83. The number of benzene rings is 3. The molecule has 170 valence electrons. The van der Waals surface area contributed by atoms with Crippen molar-refractivity contribution in [3.63, 3.8) is 0 Å². The molecule has 0 radical (unpaired) electrons. The van der Waals surface area contributed by atoms with E-state index in [0.29, 0.717) is 35.2 Å². The van der Waals surface area contributed by atoms with Crippen LogP contribution >= 0.6 is 0 Å². The second-order valence-electron chi connectivity index (χ2n) is 8.31. The van der Waals surface area contributed by atoms with E-state index in [0.717, 1.165) is 24.2 Å². The average Bonchev–Trinajstić information content (AvgIpc) is 3.21. The molecule has 34 heavy (non-hydrogen) atoms. The Morgan fingerprint density at radius 3 is 2.50 bits per heavy atom. The highest BCUT2D eigenvalue weighted by Gasteiger charge is 2.30. The third kappa shape index (κ3) is 3.58. The number of ether oxygens (including phenoxy) is 1. The monoisotopic (exact) mass is 456 g/mol. The molecule has 1 aliphatic heterocycles. The van der Waals surface area contributed by atoms with E-state index in [4.69, 9.17) is 4.74 Å². The summed E-state index contributed by atoms with van der Waals surface area (Å²) in [6.07, 6.45) is 1.47. The van der Waals surface area contributed by atoms with E-state index in [1.54, 1.807) is 30.3 Å². The van der Waals surface area contributed by atoms with Crippen molar-refractivity contribution in [1.29, 1.82) is 5.26 Å². The number of aromatic carboxylic acids is 1. The number of hydrogen-bond donors (Lipinski definition) is 2. The predicted octanol–water partition coefficient (Wildman–Crippen LogP) is 5.61. The van der Waals surface area contributed by atoms with Crippen LogP contribution < -0.4 is 0 Å². The number of halogens is 1. The van der Waals surface area contributed by atoms with Gasteiger partial charge in [-0.05, 0) is 61.4 Å². The first-order valence-corrected chi connectivity index (χ1v) is 11.0. The van der Waals surface area contributed by atoms with Crippen molar-refractivity contribution >= 4 is 16.9 Å². The van der Waals surface area contributed by atoms with Crippen molar-refractivity contribution in [3.8, 4) is 28.6 Å². The summed E-state index contributed by atoms with van der Waals surface area (Å²) in [7, 11) is 0. The maximum atomic E-state index is 13.8. The molecule has 0 aliphatic carbocycles. The maximum Gasteiger partial charge on any atom is 0.335 e. The third-order valence-corrected chi connectivity index (χ3v) is 6.36.